The van der Waals surface area contributed by atoms with E-state index in [1.165, 1.54) is 18.4 Å². The second kappa shape index (κ2) is 5.75. The third-order valence-electron chi connectivity index (χ3n) is 5.83. The van der Waals surface area contributed by atoms with Crippen molar-refractivity contribution >= 4 is 16.8 Å². The Bertz CT molecular complexity index is 708. The molecule has 1 aliphatic heterocycles. The van der Waals surface area contributed by atoms with E-state index >= 15 is 0 Å². The lowest BCUT2D eigenvalue weighted by Crippen LogP contribution is -2.43. The highest BCUT2D eigenvalue weighted by Gasteiger charge is 2.42. The molecule has 1 aromatic carbocycles. The quantitative estimate of drug-likeness (QED) is 0.919. The highest BCUT2D eigenvalue weighted by Crippen LogP contribution is 2.46. The molecule has 4 heteroatoms. The number of rotatable bonds is 5. The Kier molecular flexibility index (Phi) is 3.72. The third-order valence-corrected chi connectivity index (χ3v) is 5.83. The molecule has 2 fully saturated rings. The van der Waals surface area contributed by atoms with Crippen molar-refractivity contribution < 1.29 is 4.79 Å². The van der Waals surface area contributed by atoms with Gasteiger partial charge in [-0.25, -0.2) is 4.98 Å². The zero-order valence-electron chi connectivity index (χ0n) is 13.8. The number of nitrogens with one attached hydrogen (secondary N) is 1. The number of likely N-dealkylation sites (tertiary alicyclic amines) is 1. The highest BCUT2D eigenvalue weighted by molar-refractivity contribution is 5.82. The molecule has 1 saturated carbocycles. The largest absolute Gasteiger partial charge is 0.345 e. The lowest BCUT2D eigenvalue weighted by Gasteiger charge is -2.40. The number of aromatic amines is 1. The summed E-state index contributed by atoms with van der Waals surface area (Å²) in [7, 11) is 0. The Morgan fingerprint density at radius 1 is 1.35 bits per heavy atom. The summed E-state index contributed by atoms with van der Waals surface area (Å²) in [6.07, 6.45) is 7.62. The van der Waals surface area contributed by atoms with Gasteiger partial charge in [0.25, 0.3) is 0 Å². The highest BCUT2D eigenvalue weighted by atomic mass is 16.1. The maximum atomic E-state index is 12.2. The SMILES string of the molecule is CC(=O)C1(CC2CC2)CCN(Cc2ccc3nc[nH]c3c2)CC1. The number of H-pyrrole nitrogens is 1. The fourth-order valence-electron chi connectivity index (χ4n) is 4.05. The van der Waals surface area contributed by atoms with Gasteiger partial charge in [-0.1, -0.05) is 18.9 Å². The van der Waals surface area contributed by atoms with Crippen LogP contribution in [0.1, 0.15) is 44.6 Å². The number of hydrogen-bond acceptors (Lipinski definition) is 3. The topological polar surface area (TPSA) is 49.0 Å². The van der Waals surface area contributed by atoms with Gasteiger partial charge in [-0.3, -0.25) is 9.69 Å². The van der Waals surface area contributed by atoms with E-state index in [0.29, 0.717) is 5.78 Å². The molecule has 1 aliphatic carbocycles. The van der Waals surface area contributed by atoms with Crippen LogP contribution in [0.4, 0.5) is 0 Å². The number of hydrogen-bond donors (Lipinski definition) is 1. The van der Waals surface area contributed by atoms with Crippen LogP contribution in [-0.4, -0.2) is 33.7 Å². The molecule has 4 nitrogen and oxygen atoms in total. The second-order valence-corrected chi connectivity index (χ2v) is 7.51. The van der Waals surface area contributed by atoms with Crippen molar-refractivity contribution in [3.8, 4) is 0 Å². The van der Waals surface area contributed by atoms with Crippen molar-refractivity contribution in [2.75, 3.05) is 13.1 Å². The maximum absolute atomic E-state index is 12.2. The van der Waals surface area contributed by atoms with Crippen LogP contribution in [0.2, 0.25) is 0 Å². The number of Topliss-reactive ketones (excluding diaryl/α,β-unsaturated/α-hetero) is 1. The summed E-state index contributed by atoms with van der Waals surface area (Å²) in [5.74, 6) is 1.25. The number of carbonyl (C=O) groups excluding carboxylic acids is 1. The summed E-state index contributed by atoms with van der Waals surface area (Å²) >= 11 is 0. The first-order chi connectivity index (χ1) is 11.1. The first-order valence-corrected chi connectivity index (χ1v) is 8.80. The third kappa shape index (κ3) is 3.05. The molecule has 0 amide bonds. The van der Waals surface area contributed by atoms with E-state index < -0.39 is 0 Å². The fraction of sp³-hybridized carbons (Fsp3) is 0.579. The number of carbonyl (C=O) groups is 1. The molecular formula is C19H25N3O. The van der Waals surface area contributed by atoms with Crippen LogP contribution in [0.25, 0.3) is 11.0 Å². The molecule has 1 N–H and O–H groups in total. The molecule has 1 saturated heterocycles. The predicted octanol–water partition coefficient (Wildman–Crippen LogP) is 3.53. The Labute approximate surface area is 137 Å². The average Bonchev–Trinajstić information content (AvgIpc) is 3.23. The van der Waals surface area contributed by atoms with E-state index in [-0.39, 0.29) is 5.41 Å². The molecule has 2 aliphatic rings. The van der Waals surface area contributed by atoms with Gasteiger partial charge in [0.1, 0.15) is 5.78 Å². The summed E-state index contributed by atoms with van der Waals surface area (Å²) in [6, 6.07) is 6.44. The van der Waals surface area contributed by atoms with Gasteiger partial charge < -0.3 is 4.98 Å². The van der Waals surface area contributed by atoms with E-state index in [4.69, 9.17) is 0 Å². The van der Waals surface area contributed by atoms with Crippen LogP contribution < -0.4 is 0 Å². The Morgan fingerprint density at radius 2 is 2.13 bits per heavy atom. The number of nitrogens with zero attached hydrogens (tertiary/aromatic N) is 2. The van der Waals surface area contributed by atoms with Crippen LogP contribution in [-0.2, 0) is 11.3 Å². The molecule has 23 heavy (non-hydrogen) atoms. The Balaban J connectivity index is 1.41. The van der Waals surface area contributed by atoms with Gasteiger partial charge in [0, 0.05) is 12.0 Å². The summed E-state index contributed by atoms with van der Waals surface area (Å²) in [5.41, 5.74) is 3.42. The summed E-state index contributed by atoms with van der Waals surface area (Å²) in [6.45, 7) is 4.84. The zero-order chi connectivity index (χ0) is 15.9. The molecule has 4 rings (SSSR count). The molecule has 2 aromatic rings. The summed E-state index contributed by atoms with van der Waals surface area (Å²) < 4.78 is 0. The van der Waals surface area contributed by atoms with Crippen LogP contribution in [0, 0.1) is 11.3 Å². The average molecular weight is 311 g/mol. The lowest BCUT2D eigenvalue weighted by molar-refractivity contribution is -0.130. The van der Waals surface area contributed by atoms with Crippen molar-refractivity contribution in [3.63, 3.8) is 0 Å². The number of imidazole rings is 1. The normalized spacial score (nSPS) is 21.6. The molecular weight excluding hydrogens is 286 g/mol. The molecule has 0 radical (unpaired) electrons. The number of piperidine rings is 1. The number of ketones is 1. The lowest BCUT2D eigenvalue weighted by atomic mass is 9.71. The first-order valence-electron chi connectivity index (χ1n) is 8.80. The van der Waals surface area contributed by atoms with Gasteiger partial charge >= 0.3 is 0 Å². The first kappa shape index (κ1) is 14.9. The number of fused-ring (bicyclic) bond motifs is 1. The zero-order valence-corrected chi connectivity index (χ0v) is 13.8. The molecule has 122 valence electrons. The van der Waals surface area contributed by atoms with Crippen LogP contribution >= 0.6 is 0 Å². The van der Waals surface area contributed by atoms with E-state index in [0.717, 1.165) is 55.8 Å². The van der Waals surface area contributed by atoms with Crippen molar-refractivity contribution in [1.29, 1.82) is 0 Å². The van der Waals surface area contributed by atoms with E-state index in [2.05, 4.69) is 33.1 Å². The minimum Gasteiger partial charge on any atom is -0.345 e. The molecule has 1 aromatic heterocycles. The Morgan fingerprint density at radius 3 is 2.83 bits per heavy atom. The van der Waals surface area contributed by atoms with Crippen LogP contribution in [0.15, 0.2) is 24.5 Å². The molecule has 0 spiro atoms. The van der Waals surface area contributed by atoms with Crippen LogP contribution in [0.5, 0.6) is 0 Å². The molecule has 2 heterocycles. The second-order valence-electron chi connectivity index (χ2n) is 7.51. The number of aromatic nitrogens is 2. The molecule has 0 atom stereocenters. The van der Waals surface area contributed by atoms with Crippen molar-refractivity contribution in [3.05, 3.63) is 30.1 Å². The van der Waals surface area contributed by atoms with Gasteiger partial charge in [-0.05, 0) is 62.9 Å². The monoisotopic (exact) mass is 311 g/mol. The smallest absolute Gasteiger partial charge is 0.136 e. The van der Waals surface area contributed by atoms with Gasteiger partial charge in [0.15, 0.2) is 0 Å². The maximum Gasteiger partial charge on any atom is 0.136 e. The molecule has 0 bridgehead atoms. The molecule has 0 unspecified atom stereocenters. The van der Waals surface area contributed by atoms with Crippen molar-refractivity contribution in [1.82, 2.24) is 14.9 Å². The van der Waals surface area contributed by atoms with E-state index in [9.17, 15) is 4.79 Å². The standard InChI is InChI=1S/C19H25N3O/c1-14(23)19(11-15-2-3-15)6-8-22(9-7-19)12-16-4-5-17-18(10-16)21-13-20-17/h4-5,10,13,15H,2-3,6-9,11-12H2,1H3,(H,20,21). The fourth-order valence-corrected chi connectivity index (χ4v) is 4.05. The van der Waals surface area contributed by atoms with Crippen LogP contribution in [0.3, 0.4) is 0 Å². The van der Waals surface area contributed by atoms with Crippen molar-refractivity contribution in [2.24, 2.45) is 11.3 Å². The van der Waals surface area contributed by atoms with Gasteiger partial charge in [-0.2, -0.15) is 0 Å². The van der Waals surface area contributed by atoms with Gasteiger partial charge in [-0.15, -0.1) is 0 Å². The van der Waals surface area contributed by atoms with E-state index in [1.54, 1.807) is 6.33 Å². The van der Waals surface area contributed by atoms with Gasteiger partial charge in [0.2, 0.25) is 0 Å². The van der Waals surface area contributed by atoms with Crippen molar-refractivity contribution in [2.45, 2.75) is 45.6 Å². The predicted molar refractivity (Wildman–Crippen MR) is 91.1 cm³/mol. The minimum atomic E-state index is -0.0228. The summed E-state index contributed by atoms with van der Waals surface area (Å²) in [4.78, 5) is 22.2. The Hall–Kier alpha value is -1.68. The summed E-state index contributed by atoms with van der Waals surface area (Å²) in [5, 5.41) is 0. The van der Waals surface area contributed by atoms with E-state index in [1.807, 2.05) is 6.92 Å². The number of benzene rings is 1. The van der Waals surface area contributed by atoms with Gasteiger partial charge in [0.05, 0.1) is 17.4 Å². The minimum absolute atomic E-state index is 0.0228.